The van der Waals surface area contributed by atoms with Crippen LogP contribution in [-0.4, -0.2) is 86.6 Å². The molecule has 228 valence electrons. The van der Waals surface area contributed by atoms with Crippen molar-refractivity contribution in [2.45, 2.75) is 87.9 Å². The van der Waals surface area contributed by atoms with Crippen LogP contribution in [0.3, 0.4) is 0 Å². The first kappa shape index (κ1) is 27.9. The number of carbonyl (C=O) groups is 2. The lowest BCUT2D eigenvalue weighted by molar-refractivity contribution is -0.132. The Kier molecular flexibility index (Phi) is 8.00. The normalized spacial score (nSPS) is 33.3. The fourth-order valence-electron chi connectivity index (χ4n) is 7.67. The highest BCUT2D eigenvalue weighted by atomic mass is 16.6. The molecule has 0 bridgehead atoms. The first-order valence-corrected chi connectivity index (χ1v) is 15.9. The van der Waals surface area contributed by atoms with Gasteiger partial charge >= 0.3 is 0 Å². The molecule has 1 aromatic carbocycles. The second-order valence-corrected chi connectivity index (χ2v) is 12.6. The van der Waals surface area contributed by atoms with E-state index in [1.165, 1.54) is 37.7 Å². The number of benzene rings is 1. The summed E-state index contributed by atoms with van der Waals surface area (Å²) in [6, 6.07) is 4.84. The Morgan fingerprint density at radius 3 is 2.71 bits per heavy atom. The Morgan fingerprint density at radius 1 is 1.07 bits per heavy atom. The zero-order chi connectivity index (χ0) is 28.6. The van der Waals surface area contributed by atoms with Crippen molar-refractivity contribution < 1.29 is 23.8 Å². The Balaban J connectivity index is 1.12. The molecule has 6 atom stereocenters. The summed E-state index contributed by atoms with van der Waals surface area (Å²) >= 11 is 0. The zero-order valence-electron chi connectivity index (χ0n) is 24.2. The molecule has 42 heavy (non-hydrogen) atoms. The second-order valence-electron chi connectivity index (χ2n) is 12.6. The van der Waals surface area contributed by atoms with Crippen molar-refractivity contribution in [3.05, 3.63) is 35.2 Å². The molecule has 5 aliphatic heterocycles. The highest BCUT2D eigenvalue weighted by molar-refractivity contribution is 5.95. The highest BCUT2D eigenvalue weighted by Gasteiger charge is 2.48. The molecular weight excluding hydrogens is 536 g/mol. The Morgan fingerprint density at radius 2 is 1.90 bits per heavy atom. The molecular formula is C31H44N6O5. The van der Waals surface area contributed by atoms with Gasteiger partial charge < -0.3 is 35.5 Å². The molecule has 4 fully saturated rings. The molecule has 3 saturated heterocycles. The van der Waals surface area contributed by atoms with Crippen molar-refractivity contribution >= 4 is 23.1 Å². The number of hydrogen-bond donors (Lipinski definition) is 5. The van der Waals surface area contributed by atoms with Crippen LogP contribution in [0.25, 0.3) is 0 Å². The molecule has 11 nitrogen and oxygen atoms in total. The topological polar surface area (TPSA) is 139 Å². The Labute approximate surface area is 247 Å². The molecule has 7 rings (SSSR count). The van der Waals surface area contributed by atoms with Gasteiger partial charge in [-0.05, 0) is 55.4 Å². The number of nitrogens with two attached hydrogens (primary N) is 1. The number of rotatable bonds is 7. The van der Waals surface area contributed by atoms with Gasteiger partial charge in [0.1, 0.15) is 6.10 Å². The first-order valence-electron chi connectivity index (χ1n) is 15.9. The average Bonchev–Trinajstić information content (AvgIpc) is 3.65. The van der Waals surface area contributed by atoms with E-state index < -0.39 is 12.2 Å². The van der Waals surface area contributed by atoms with E-state index in [1.807, 2.05) is 0 Å². The minimum absolute atomic E-state index is 0.0404. The summed E-state index contributed by atoms with van der Waals surface area (Å²) in [7, 11) is 0. The third kappa shape index (κ3) is 5.59. The standard InChI is InChI=1S/C31H44N6O5/c32-30(39)21-6-7-25(34-19-4-2-1-3-5-19)36-31(21)35-20-14-18-8-9-33-27(18)22(15-20)23-17-41-29-24(38)16-26(42-28(23)29)37-10-12-40-13-11-37/h14-16,19,21,23,25,28-29,31,33-36H,1-13,17H2,(H2,32,39). The van der Waals surface area contributed by atoms with E-state index in [0.717, 1.165) is 42.7 Å². The summed E-state index contributed by atoms with van der Waals surface area (Å²) in [6.45, 7) is 3.89. The van der Waals surface area contributed by atoms with Crippen molar-refractivity contribution in [3.63, 3.8) is 0 Å². The number of hydrogen-bond acceptors (Lipinski definition) is 10. The summed E-state index contributed by atoms with van der Waals surface area (Å²) < 4.78 is 18.1. The summed E-state index contributed by atoms with van der Waals surface area (Å²) in [5.74, 6) is -0.143. The number of anilines is 2. The minimum atomic E-state index is -0.612. The van der Waals surface area contributed by atoms with Crippen LogP contribution in [0.15, 0.2) is 24.1 Å². The van der Waals surface area contributed by atoms with E-state index >= 15 is 0 Å². The molecule has 6 aliphatic rings. The average molecular weight is 581 g/mol. The molecule has 1 saturated carbocycles. The number of amides is 1. The molecule has 0 aromatic heterocycles. The van der Waals surface area contributed by atoms with Crippen LogP contribution in [0.1, 0.15) is 62.0 Å². The van der Waals surface area contributed by atoms with Gasteiger partial charge in [0, 0.05) is 49.0 Å². The third-order valence-corrected chi connectivity index (χ3v) is 9.90. The second kappa shape index (κ2) is 12.0. The molecule has 5 heterocycles. The molecule has 11 heteroatoms. The van der Waals surface area contributed by atoms with Crippen molar-refractivity contribution in [1.82, 2.24) is 15.5 Å². The number of fused-ring (bicyclic) bond motifs is 2. The van der Waals surface area contributed by atoms with Crippen LogP contribution in [0.2, 0.25) is 0 Å². The van der Waals surface area contributed by atoms with Gasteiger partial charge in [-0.3, -0.25) is 20.2 Å². The largest absolute Gasteiger partial charge is 0.472 e. The van der Waals surface area contributed by atoms with Gasteiger partial charge in [-0.2, -0.15) is 0 Å². The summed E-state index contributed by atoms with van der Waals surface area (Å²) in [4.78, 5) is 27.7. The number of nitrogens with one attached hydrogen (secondary N) is 4. The van der Waals surface area contributed by atoms with Gasteiger partial charge in [0.25, 0.3) is 0 Å². The van der Waals surface area contributed by atoms with Gasteiger partial charge in [0.15, 0.2) is 17.8 Å². The van der Waals surface area contributed by atoms with Crippen LogP contribution in [0.4, 0.5) is 11.4 Å². The monoisotopic (exact) mass is 580 g/mol. The number of morpholine rings is 1. The van der Waals surface area contributed by atoms with Crippen molar-refractivity contribution in [2.24, 2.45) is 11.7 Å². The fraction of sp³-hybridized carbons (Fsp3) is 0.677. The quantitative estimate of drug-likeness (QED) is 0.324. The molecule has 0 radical (unpaired) electrons. The van der Waals surface area contributed by atoms with Gasteiger partial charge in [0.05, 0.1) is 38.1 Å². The Hall–Kier alpha value is -2.86. The lowest BCUT2D eigenvalue weighted by Crippen LogP contribution is -2.61. The zero-order valence-corrected chi connectivity index (χ0v) is 24.2. The molecule has 6 N–H and O–H groups in total. The smallest absolute Gasteiger partial charge is 0.223 e. The highest BCUT2D eigenvalue weighted by Crippen LogP contribution is 2.43. The molecule has 0 spiro atoms. The summed E-state index contributed by atoms with van der Waals surface area (Å²) in [6.07, 6.45) is 9.19. The third-order valence-electron chi connectivity index (χ3n) is 9.90. The van der Waals surface area contributed by atoms with Crippen LogP contribution in [-0.2, 0) is 30.2 Å². The molecule has 1 amide bonds. The lowest BCUT2D eigenvalue weighted by Gasteiger charge is -2.39. The maximum Gasteiger partial charge on any atom is 0.223 e. The van der Waals surface area contributed by atoms with Crippen LogP contribution >= 0.6 is 0 Å². The van der Waals surface area contributed by atoms with Crippen molar-refractivity contribution in [1.29, 1.82) is 0 Å². The van der Waals surface area contributed by atoms with Gasteiger partial charge in [-0.1, -0.05) is 19.3 Å². The van der Waals surface area contributed by atoms with E-state index in [2.05, 4.69) is 38.3 Å². The maximum absolute atomic E-state index is 13.1. The molecule has 1 aliphatic carbocycles. The number of piperidine rings is 1. The van der Waals surface area contributed by atoms with E-state index in [9.17, 15) is 9.59 Å². The Bertz CT molecular complexity index is 1210. The number of ketones is 1. The van der Waals surface area contributed by atoms with Crippen LogP contribution in [0.5, 0.6) is 0 Å². The van der Waals surface area contributed by atoms with E-state index in [1.54, 1.807) is 6.08 Å². The van der Waals surface area contributed by atoms with Crippen LogP contribution in [0, 0.1) is 5.92 Å². The minimum Gasteiger partial charge on any atom is -0.472 e. The lowest BCUT2D eigenvalue weighted by atomic mass is 9.88. The van der Waals surface area contributed by atoms with E-state index in [0.29, 0.717) is 44.8 Å². The fourth-order valence-corrected chi connectivity index (χ4v) is 7.67. The SMILES string of the molecule is NC(=O)C1CCC(NC2CCCCC2)NC1Nc1cc2c(c(C3COC4C(=O)C=C(N5CCOCC5)OC43)c1)NCC2. The summed E-state index contributed by atoms with van der Waals surface area (Å²) in [5, 5.41) is 14.7. The van der Waals surface area contributed by atoms with Gasteiger partial charge in [-0.15, -0.1) is 0 Å². The van der Waals surface area contributed by atoms with Crippen molar-refractivity contribution in [2.75, 3.05) is 50.1 Å². The molecule has 1 aromatic rings. The van der Waals surface area contributed by atoms with Crippen LogP contribution < -0.4 is 27.0 Å². The summed E-state index contributed by atoms with van der Waals surface area (Å²) in [5.41, 5.74) is 10.2. The number of nitrogens with zero attached hydrogens (tertiary/aromatic N) is 1. The van der Waals surface area contributed by atoms with Crippen molar-refractivity contribution in [3.8, 4) is 0 Å². The van der Waals surface area contributed by atoms with E-state index in [-0.39, 0.29) is 35.9 Å². The van der Waals surface area contributed by atoms with Gasteiger partial charge in [0.2, 0.25) is 5.91 Å². The number of ether oxygens (including phenoxy) is 3. The maximum atomic E-state index is 13.1. The molecule has 6 unspecified atom stereocenters. The van der Waals surface area contributed by atoms with E-state index in [4.69, 9.17) is 19.9 Å². The predicted molar refractivity (Wildman–Crippen MR) is 158 cm³/mol. The number of carbonyl (C=O) groups excluding carboxylic acids is 2. The van der Waals surface area contributed by atoms with Gasteiger partial charge in [-0.25, -0.2) is 0 Å². The predicted octanol–water partition coefficient (Wildman–Crippen LogP) is 1.75. The first-order chi connectivity index (χ1) is 20.5. The number of primary amides is 1.